The average Bonchev–Trinajstić information content (AvgIpc) is 2.92. The van der Waals surface area contributed by atoms with Crippen LogP contribution < -0.4 is 0 Å². The quantitative estimate of drug-likeness (QED) is 0.0446. The van der Waals surface area contributed by atoms with Gasteiger partial charge in [0.1, 0.15) is 0 Å². The molecule has 37 heavy (non-hydrogen) atoms. The zero-order valence-electron chi connectivity index (χ0n) is 24.8. The van der Waals surface area contributed by atoms with Crippen LogP contribution in [-0.2, 0) is 26.6 Å². The molecule has 0 amide bonds. The summed E-state index contributed by atoms with van der Waals surface area (Å²) in [6.07, 6.45) is 10.5. The van der Waals surface area contributed by atoms with E-state index in [4.69, 9.17) is 26.6 Å². The maximum Gasteiger partial charge on any atom is 0.500 e. The summed E-state index contributed by atoms with van der Waals surface area (Å²) in [5.41, 5.74) is 0. The first kappa shape index (κ1) is 38.2. The monoisotopic (exact) mass is 618 g/mol. The van der Waals surface area contributed by atoms with Gasteiger partial charge in [-0.1, -0.05) is 63.1 Å². The van der Waals surface area contributed by atoms with Gasteiger partial charge in [-0.2, -0.15) is 0 Å². The Bertz CT molecular complexity index is 400. The Balaban J connectivity index is 4.22. The highest BCUT2D eigenvalue weighted by Gasteiger charge is 2.41. The highest BCUT2D eigenvalue weighted by molar-refractivity contribution is 9.09. The average molecular weight is 619 g/mol. The van der Waals surface area contributed by atoms with Crippen molar-refractivity contribution < 1.29 is 26.6 Å². The van der Waals surface area contributed by atoms with Gasteiger partial charge in [-0.15, -0.1) is 0 Å². The molecule has 0 aromatic heterocycles. The summed E-state index contributed by atoms with van der Waals surface area (Å²) in [4.78, 5) is 0. The Morgan fingerprint density at radius 3 is 0.919 bits per heavy atom. The molecular formula is C26H58O6S3Si2. The van der Waals surface area contributed by atoms with Crippen molar-refractivity contribution in [3.05, 3.63) is 0 Å². The van der Waals surface area contributed by atoms with E-state index in [0.29, 0.717) is 0 Å². The van der Waals surface area contributed by atoms with Crippen LogP contribution in [0.25, 0.3) is 0 Å². The van der Waals surface area contributed by atoms with E-state index in [0.717, 1.165) is 115 Å². The molecular weight excluding hydrogens is 561 g/mol. The molecule has 0 aliphatic rings. The van der Waals surface area contributed by atoms with E-state index in [1.165, 1.54) is 12.8 Å². The predicted molar refractivity (Wildman–Crippen MR) is 170 cm³/mol. The normalized spacial score (nSPS) is 12.5. The minimum Gasteiger partial charge on any atom is -0.373 e. The molecule has 0 N–H and O–H groups in total. The van der Waals surface area contributed by atoms with E-state index in [2.05, 4.69) is 41.5 Å². The maximum atomic E-state index is 6.21. The molecule has 0 atom stereocenters. The van der Waals surface area contributed by atoms with E-state index in [9.17, 15) is 0 Å². The van der Waals surface area contributed by atoms with Gasteiger partial charge in [0.15, 0.2) is 0 Å². The van der Waals surface area contributed by atoms with Crippen molar-refractivity contribution >= 4 is 49.0 Å². The Kier molecular flexibility index (Phi) is 28.3. The molecule has 0 aromatic carbocycles. The Hall–Kier alpha value is 1.24. The van der Waals surface area contributed by atoms with Crippen LogP contribution in [0.15, 0.2) is 0 Å². The maximum absolute atomic E-state index is 6.21. The molecule has 0 fully saturated rings. The minimum atomic E-state index is -2.54. The van der Waals surface area contributed by atoms with E-state index in [1.807, 2.05) is 31.4 Å². The molecule has 0 bridgehead atoms. The van der Waals surface area contributed by atoms with Crippen molar-refractivity contribution in [1.29, 1.82) is 0 Å². The van der Waals surface area contributed by atoms with Crippen molar-refractivity contribution in [2.75, 3.05) is 51.1 Å². The first-order valence-corrected chi connectivity index (χ1v) is 22.5. The third-order valence-electron chi connectivity index (χ3n) is 5.17. The second kappa shape index (κ2) is 27.4. The highest BCUT2D eigenvalue weighted by atomic mass is 33.5. The summed E-state index contributed by atoms with van der Waals surface area (Å²) < 4.78 is 37.3. The van der Waals surface area contributed by atoms with Gasteiger partial charge in [0.25, 0.3) is 0 Å². The van der Waals surface area contributed by atoms with Crippen molar-refractivity contribution in [2.45, 2.75) is 118 Å². The smallest absolute Gasteiger partial charge is 0.373 e. The van der Waals surface area contributed by atoms with Crippen LogP contribution in [0.5, 0.6) is 0 Å². The topological polar surface area (TPSA) is 55.4 Å². The lowest BCUT2D eigenvalue weighted by atomic mass is 10.4. The van der Waals surface area contributed by atoms with Crippen LogP contribution in [0.2, 0.25) is 12.1 Å². The molecule has 224 valence electrons. The Labute approximate surface area is 243 Å². The SMILES string of the molecule is CCCO[Si](CCCCSSSCCCC[Si](OCCC)(OCCC)OCCC)(OCCC)OCCC. The number of hydrogen-bond acceptors (Lipinski definition) is 9. The first-order valence-electron chi connectivity index (χ1n) is 14.8. The second-order valence-electron chi connectivity index (χ2n) is 9.08. The van der Waals surface area contributed by atoms with Gasteiger partial charge in [0.2, 0.25) is 0 Å². The molecule has 0 aromatic rings. The van der Waals surface area contributed by atoms with Crippen molar-refractivity contribution in [1.82, 2.24) is 0 Å². The zero-order chi connectivity index (χ0) is 27.5. The van der Waals surface area contributed by atoms with Gasteiger partial charge < -0.3 is 26.6 Å². The molecule has 0 spiro atoms. The predicted octanol–water partition coefficient (Wildman–Crippen LogP) is 9.01. The van der Waals surface area contributed by atoms with Crippen molar-refractivity contribution in [3.63, 3.8) is 0 Å². The number of rotatable bonds is 30. The largest absolute Gasteiger partial charge is 0.500 e. The van der Waals surface area contributed by atoms with E-state index >= 15 is 0 Å². The van der Waals surface area contributed by atoms with Crippen LogP contribution in [-0.4, -0.2) is 68.8 Å². The van der Waals surface area contributed by atoms with Crippen LogP contribution in [0.3, 0.4) is 0 Å². The molecule has 0 aliphatic carbocycles. The van der Waals surface area contributed by atoms with Gasteiger partial charge in [0.05, 0.1) is 0 Å². The molecule has 0 aliphatic heterocycles. The van der Waals surface area contributed by atoms with Gasteiger partial charge in [-0.25, -0.2) is 0 Å². The molecule has 0 rings (SSSR count). The Morgan fingerprint density at radius 1 is 0.405 bits per heavy atom. The minimum absolute atomic E-state index is 0.727. The van der Waals surface area contributed by atoms with E-state index in [1.54, 1.807) is 0 Å². The molecule has 0 radical (unpaired) electrons. The summed E-state index contributed by atoms with van der Waals surface area (Å²) in [6.45, 7) is 17.2. The van der Waals surface area contributed by atoms with Gasteiger partial charge in [0, 0.05) is 63.2 Å². The fraction of sp³-hybridized carbons (Fsp3) is 1.00. The summed E-state index contributed by atoms with van der Waals surface area (Å²) in [5.74, 6) is 2.29. The summed E-state index contributed by atoms with van der Waals surface area (Å²) >= 11 is 0. The van der Waals surface area contributed by atoms with Gasteiger partial charge >= 0.3 is 17.6 Å². The molecule has 0 heterocycles. The lowest BCUT2D eigenvalue weighted by Crippen LogP contribution is -2.46. The molecule has 0 saturated heterocycles. The Morgan fingerprint density at radius 2 is 0.676 bits per heavy atom. The second-order valence-corrected chi connectivity index (χ2v) is 19.0. The summed E-state index contributed by atoms with van der Waals surface area (Å²) in [5, 5.41) is 0. The fourth-order valence-corrected chi connectivity index (χ4v) is 13.2. The van der Waals surface area contributed by atoms with Crippen molar-refractivity contribution in [2.24, 2.45) is 0 Å². The molecule has 0 unspecified atom stereocenters. The van der Waals surface area contributed by atoms with Gasteiger partial charge in [-0.05, 0) is 74.0 Å². The van der Waals surface area contributed by atoms with Crippen LogP contribution >= 0.6 is 31.4 Å². The molecule has 11 heteroatoms. The summed E-state index contributed by atoms with van der Waals surface area (Å²) in [6, 6.07) is 1.86. The summed E-state index contributed by atoms with van der Waals surface area (Å²) in [7, 11) is 0.766. The van der Waals surface area contributed by atoms with Crippen molar-refractivity contribution in [3.8, 4) is 0 Å². The standard InChI is InChI=1S/C26H58O6S3Si2/c1-7-17-27-36(28-18-8-2,29-19-9-3)25-15-13-23-33-35-34-24-14-16-26-37(30-20-10-4,31-21-11-5)32-22-12-6/h7-26H2,1-6H3. The van der Waals surface area contributed by atoms with Crippen LogP contribution in [0, 0.1) is 0 Å². The third kappa shape index (κ3) is 20.7. The van der Waals surface area contributed by atoms with Crippen LogP contribution in [0.1, 0.15) is 106 Å². The van der Waals surface area contributed by atoms with Gasteiger partial charge in [-0.3, -0.25) is 0 Å². The number of unbranched alkanes of at least 4 members (excludes halogenated alkanes) is 2. The van der Waals surface area contributed by atoms with E-state index < -0.39 is 17.6 Å². The lowest BCUT2D eigenvalue weighted by molar-refractivity contribution is 0.0581. The fourth-order valence-electron chi connectivity index (χ4n) is 3.34. The van der Waals surface area contributed by atoms with Crippen LogP contribution in [0.4, 0.5) is 0 Å². The zero-order valence-corrected chi connectivity index (χ0v) is 29.3. The van der Waals surface area contributed by atoms with E-state index in [-0.39, 0.29) is 0 Å². The first-order chi connectivity index (χ1) is 18.1. The number of hydrogen-bond donors (Lipinski definition) is 0. The third-order valence-corrected chi connectivity index (χ3v) is 15.4. The molecule has 0 saturated carbocycles. The molecule has 6 nitrogen and oxygen atoms in total. The lowest BCUT2D eigenvalue weighted by Gasteiger charge is -2.29. The highest BCUT2D eigenvalue weighted by Crippen LogP contribution is 2.36.